The first-order valence-corrected chi connectivity index (χ1v) is 10.6. The number of likely N-dealkylation sites (tertiary alicyclic amines) is 1. The zero-order chi connectivity index (χ0) is 22.8. The summed E-state index contributed by atoms with van der Waals surface area (Å²) < 4.78 is 11.0. The van der Waals surface area contributed by atoms with E-state index in [2.05, 4.69) is 0 Å². The number of amides is 3. The van der Waals surface area contributed by atoms with Gasteiger partial charge in [0.2, 0.25) is 5.91 Å². The molecule has 3 heterocycles. The molecule has 2 fully saturated rings. The Morgan fingerprint density at radius 3 is 2.69 bits per heavy atom. The normalized spacial score (nSPS) is 17.5. The summed E-state index contributed by atoms with van der Waals surface area (Å²) in [7, 11) is 1.39. The fourth-order valence-corrected chi connectivity index (χ4v) is 4.36. The van der Waals surface area contributed by atoms with E-state index in [9.17, 15) is 24.5 Å². The topological polar surface area (TPSA) is 123 Å². The first-order valence-electron chi connectivity index (χ1n) is 9.83. The van der Waals surface area contributed by atoms with Crippen LogP contribution in [-0.4, -0.2) is 58.5 Å². The van der Waals surface area contributed by atoms with Gasteiger partial charge in [0.1, 0.15) is 23.8 Å². The highest BCUT2D eigenvalue weighted by Crippen LogP contribution is 2.36. The number of non-ortho nitro benzene ring substituents is 1. The number of carbonyl (C=O) groups is 3. The smallest absolute Gasteiger partial charge is 0.294 e. The maximum absolute atomic E-state index is 12.7. The summed E-state index contributed by atoms with van der Waals surface area (Å²) >= 11 is 0.747. The Morgan fingerprint density at radius 1 is 1.25 bits per heavy atom. The van der Waals surface area contributed by atoms with Crippen molar-refractivity contribution in [3.8, 4) is 17.1 Å². The van der Waals surface area contributed by atoms with Gasteiger partial charge >= 0.3 is 0 Å². The van der Waals surface area contributed by atoms with Gasteiger partial charge in [0.05, 0.1) is 28.6 Å². The molecule has 166 valence electrons. The Hall–Kier alpha value is -3.60. The van der Waals surface area contributed by atoms with Gasteiger partial charge < -0.3 is 14.1 Å². The van der Waals surface area contributed by atoms with E-state index < -0.39 is 16.1 Å². The Labute approximate surface area is 186 Å². The third-order valence-electron chi connectivity index (χ3n) is 5.19. The van der Waals surface area contributed by atoms with Gasteiger partial charge in [-0.1, -0.05) is 0 Å². The van der Waals surface area contributed by atoms with Crippen molar-refractivity contribution in [2.45, 2.75) is 12.8 Å². The number of rotatable bonds is 6. The molecule has 0 bridgehead atoms. The van der Waals surface area contributed by atoms with E-state index in [1.807, 2.05) is 0 Å². The summed E-state index contributed by atoms with van der Waals surface area (Å²) in [5, 5.41) is 10.5. The average molecular weight is 457 g/mol. The molecule has 2 aliphatic rings. The largest absolute Gasteiger partial charge is 0.496 e. The molecule has 4 rings (SSSR count). The van der Waals surface area contributed by atoms with Gasteiger partial charge in [-0.25, -0.2) is 0 Å². The van der Waals surface area contributed by atoms with Crippen molar-refractivity contribution in [3.63, 3.8) is 0 Å². The molecule has 0 N–H and O–H groups in total. The number of thioether (sulfide) groups is 1. The number of nitro benzene ring substituents is 1. The maximum atomic E-state index is 12.7. The van der Waals surface area contributed by atoms with Crippen LogP contribution in [0.25, 0.3) is 17.4 Å². The number of nitro groups is 1. The van der Waals surface area contributed by atoms with Crippen molar-refractivity contribution < 1.29 is 28.5 Å². The van der Waals surface area contributed by atoms with Crippen LogP contribution in [0.2, 0.25) is 0 Å². The van der Waals surface area contributed by atoms with Gasteiger partial charge in [0.15, 0.2) is 0 Å². The Balaban J connectivity index is 1.52. The molecule has 1 aromatic carbocycles. The minimum atomic E-state index is -0.543. The maximum Gasteiger partial charge on any atom is 0.294 e. The monoisotopic (exact) mass is 457 g/mol. The third kappa shape index (κ3) is 4.24. The van der Waals surface area contributed by atoms with Crippen LogP contribution in [0.1, 0.15) is 18.6 Å². The quantitative estimate of drug-likeness (QED) is 0.367. The lowest BCUT2D eigenvalue weighted by Gasteiger charge is -2.18. The molecule has 1 aromatic heterocycles. The number of benzene rings is 1. The van der Waals surface area contributed by atoms with Gasteiger partial charge in [-0.3, -0.25) is 29.4 Å². The van der Waals surface area contributed by atoms with Crippen molar-refractivity contribution in [1.82, 2.24) is 9.80 Å². The highest BCUT2D eigenvalue weighted by atomic mass is 32.2. The number of imide groups is 1. The summed E-state index contributed by atoms with van der Waals surface area (Å²) in [5.74, 6) is 0.180. The Bertz CT molecular complexity index is 1130. The molecular formula is C21H19N3O7S. The van der Waals surface area contributed by atoms with Gasteiger partial charge in [0.25, 0.3) is 16.8 Å². The molecule has 0 radical (unpaired) electrons. The number of carbonyl (C=O) groups excluding carboxylic acids is 3. The molecular weight excluding hydrogens is 438 g/mol. The number of nitrogens with zero attached hydrogens (tertiary/aromatic N) is 3. The second-order valence-electron chi connectivity index (χ2n) is 7.20. The van der Waals surface area contributed by atoms with Gasteiger partial charge in [-0.2, -0.15) is 0 Å². The van der Waals surface area contributed by atoms with E-state index in [4.69, 9.17) is 9.15 Å². The molecule has 0 atom stereocenters. The van der Waals surface area contributed by atoms with Crippen molar-refractivity contribution >= 4 is 40.6 Å². The summed E-state index contributed by atoms with van der Waals surface area (Å²) in [4.78, 5) is 50.5. The van der Waals surface area contributed by atoms with Crippen LogP contribution in [-0.2, 0) is 9.59 Å². The lowest BCUT2D eigenvalue weighted by atomic mass is 10.1. The van der Waals surface area contributed by atoms with E-state index in [0.717, 1.165) is 29.5 Å². The standard InChI is InChI=1S/C21H19N3O7S/c1-30-17-10-13(24(28)29)4-6-15(17)16-7-5-14(31-16)11-18-20(26)23(21(27)32-18)12-19(25)22-8-2-3-9-22/h4-7,10-11H,2-3,8-9,12H2,1H3/b18-11+. The van der Waals surface area contributed by atoms with Crippen molar-refractivity contribution in [3.05, 3.63) is 51.1 Å². The molecule has 32 heavy (non-hydrogen) atoms. The minimum absolute atomic E-state index is 0.116. The first kappa shape index (κ1) is 21.6. The first-order chi connectivity index (χ1) is 15.4. The van der Waals surface area contributed by atoms with E-state index in [1.165, 1.54) is 31.4 Å². The van der Waals surface area contributed by atoms with E-state index in [0.29, 0.717) is 30.2 Å². The highest BCUT2D eigenvalue weighted by molar-refractivity contribution is 8.18. The van der Waals surface area contributed by atoms with Crippen molar-refractivity contribution in [2.24, 2.45) is 0 Å². The van der Waals surface area contributed by atoms with Crippen LogP contribution >= 0.6 is 11.8 Å². The number of hydrogen-bond acceptors (Lipinski definition) is 8. The molecule has 0 spiro atoms. The fraction of sp³-hybridized carbons (Fsp3) is 0.286. The average Bonchev–Trinajstić information content (AvgIpc) is 3.52. The molecule has 2 aliphatic heterocycles. The van der Waals surface area contributed by atoms with E-state index in [1.54, 1.807) is 17.0 Å². The van der Waals surface area contributed by atoms with Gasteiger partial charge in [-0.15, -0.1) is 0 Å². The molecule has 0 unspecified atom stereocenters. The minimum Gasteiger partial charge on any atom is -0.496 e. The van der Waals surface area contributed by atoms with Crippen LogP contribution in [0, 0.1) is 10.1 Å². The Kier molecular flexibility index (Phi) is 5.99. The summed E-state index contributed by atoms with van der Waals surface area (Å²) in [6.45, 7) is 1.02. The SMILES string of the molecule is COc1cc([N+](=O)[O-])ccc1-c1ccc(/C=C2/SC(=O)N(CC(=O)N3CCCC3)C2=O)o1. The predicted octanol–water partition coefficient (Wildman–Crippen LogP) is 3.52. The third-order valence-corrected chi connectivity index (χ3v) is 6.09. The predicted molar refractivity (Wildman–Crippen MR) is 116 cm³/mol. The zero-order valence-electron chi connectivity index (χ0n) is 17.1. The van der Waals surface area contributed by atoms with Gasteiger partial charge in [0, 0.05) is 25.2 Å². The van der Waals surface area contributed by atoms with Crippen LogP contribution in [0.15, 0.2) is 39.7 Å². The number of hydrogen-bond donors (Lipinski definition) is 0. The Morgan fingerprint density at radius 2 is 2.00 bits per heavy atom. The number of ether oxygens (including phenoxy) is 1. The van der Waals surface area contributed by atoms with Crippen LogP contribution in [0.4, 0.5) is 10.5 Å². The number of methoxy groups -OCH3 is 1. The molecule has 10 nitrogen and oxygen atoms in total. The second-order valence-corrected chi connectivity index (χ2v) is 8.19. The second kappa shape index (κ2) is 8.87. The molecule has 0 aliphatic carbocycles. The fourth-order valence-electron chi connectivity index (χ4n) is 3.54. The van der Waals surface area contributed by atoms with E-state index in [-0.39, 0.29) is 28.8 Å². The molecule has 2 saturated heterocycles. The van der Waals surface area contributed by atoms with Gasteiger partial charge in [-0.05, 0) is 42.8 Å². The summed E-state index contributed by atoms with van der Waals surface area (Å²) in [5.41, 5.74) is 0.386. The summed E-state index contributed by atoms with van der Waals surface area (Å²) in [6, 6.07) is 7.39. The van der Waals surface area contributed by atoms with E-state index >= 15 is 0 Å². The van der Waals surface area contributed by atoms with Crippen LogP contribution in [0.3, 0.4) is 0 Å². The lowest BCUT2D eigenvalue weighted by Crippen LogP contribution is -2.40. The van der Waals surface area contributed by atoms with Crippen molar-refractivity contribution in [2.75, 3.05) is 26.7 Å². The van der Waals surface area contributed by atoms with Crippen LogP contribution < -0.4 is 4.74 Å². The van der Waals surface area contributed by atoms with Crippen LogP contribution in [0.5, 0.6) is 5.75 Å². The number of furan rings is 1. The molecule has 11 heteroatoms. The molecule has 2 aromatic rings. The molecule has 3 amide bonds. The highest BCUT2D eigenvalue weighted by Gasteiger charge is 2.37. The zero-order valence-corrected chi connectivity index (χ0v) is 17.9. The summed E-state index contributed by atoms with van der Waals surface area (Å²) in [6.07, 6.45) is 3.29. The molecule has 0 saturated carbocycles. The van der Waals surface area contributed by atoms with Crippen molar-refractivity contribution in [1.29, 1.82) is 0 Å². The lowest BCUT2D eigenvalue weighted by molar-refractivity contribution is -0.384.